The van der Waals surface area contributed by atoms with Crippen molar-refractivity contribution in [2.45, 2.75) is 26.7 Å². The van der Waals surface area contributed by atoms with E-state index in [2.05, 4.69) is 0 Å². The maximum Gasteiger partial charge on any atom is 0.310 e. The summed E-state index contributed by atoms with van der Waals surface area (Å²) in [6.07, 6.45) is -1.40. The third-order valence-electron chi connectivity index (χ3n) is 2.45. The van der Waals surface area contributed by atoms with Crippen LogP contribution in [0.1, 0.15) is 26.7 Å². The molecule has 114 valence electrons. The second-order valence-electron chi connectivity index (χ2n) is 3.91. The molecule has 0 amide bonds. The molecule has 0 saturated carbocycles. The van der Waals surface area contributed by atoms with Gasteiger partial charge >= 0.3 is 23.9 Å². The van der Waals surface area contributed by atoms with Gasteiger partial charge in [-0.1, -0.05) is 0 Å². The fourth-order valence-corrected chi connectivity index (χ4v) is 1.65. The van der Waals surface area contributed by atoms with Crippen molar-refractivity contribution >= 4 is 23.9 Å². The van der Waals surface area contributed by atoms with Gasteiger partial charge in [-0.25, -0.2) is 0 Å². The first-order valence-corrected chi connectivity index (χ1v) is 6.10. The zero-order valence-corrected chi connectivity index (χ0v) is 11.3. The van der Waals surface area contributed by atoms with Gasteiger partial charge < -0.3 is 19.7 Å². The molecule has 8 nitrogen and oxygen atoms in total. The van der Waals surface area contributed by atoms with Gasteiger partial charge in [-0.15, -0.1) is 0 Å². The molecular formula is C12H18O8. The van der Waals surface area contributed by atoms with E-state index in [4.69, 9.17) is 19.7 Å². The Balaban J connectivity index is 5.24. The van der Waals surface area contributed by atoms with Crippen LogP contribution in [-0.2, 0) is 28.7 Å². The van der Waals surface area contributed by atoms with E-state index in [-0.39, 0.29) is 13.2 Å². The maximum atomic E-state index is 11.7. The average molecular weight is 290 g/mol. The van der Waals surface area contributed by atoms with Crippen LogP contribution in [0.3, 0.4) is 0 Å². The van der Waals surface area contributed by atoms with Crippen LogP contribution in [0.5, 0.6) is 0 Å². The van der Waals surface area contributed by atoms with Gasteiger partial charge in [0, 0.05) is 0 Å². The van der Waals surface area contributed by atoms with Crippen molar-refractivity contribution < 1.29 is 38.9 Å². The van der Waals surface area contributed by atoms with E-state index in [1.54, 1.807) is 0 Å². The summed E-state index contributed by atoms with van der Waals surface area (Å²) >= 11 is 0. The molecule has 0 aliphatic rings. The molecule has 0 spiro atoms. The summed E-state index contributed by atoms with van der Waals surface area (Å²) in [5.41, 5.74) is 0. The smallest absolute Gasteiger partial charge is 0.310 e. The molecule has 20 heavy (non-hydrogen) atoms. The zero-order chi connectivity index (χ0) is 15.7. The number of carboxylic acids is 2. The van der Waals surface area contributed by atoms with E-state index in [9.17, 15) is 19.2 Å². The minimum absolute atomic E-state index is 0.00241. The lowest BCUT2D eigenvalue weighted by Gasteiger charge is -2.21. The molecule has 0 heterocycles. The molecule has 0 aromatic rings. The highest BCUT2D eigenvalue weighted by Crippen LogP contribution is 2.23. The molecule has 0 bridgehead atoms. The first-order chi connectivity index (χ1) is 9.33. The standard InChI is InChI=1S/C12H18O8/c1-3-19-11(17)7(5-9(13)14)8(6-10(15)16)12(18)20-4-2/h7-8H,3-6H2,1-2H3,(H,13,14)(H,15,16). The van der Waals surface area contributed by atoms with Crippen LogP contribution in [0.15, 0.2) is 0 Å². The van der Waals surface area contributed by atoms with E-state index >= 15 is 0 Å². The molecule has 0 aromatic carbocycles. The zero-order valence-electron chi connectivity index (χ0n) is 11.3. The van der Waals surface area contributed by atoms with E-state index in [0.29, 0.717) is 0 Å². The predicted molar refractivity (Wildman–Crippen MR) is 64.8 cm³/mol. The van der Waals surface area contributed by atoms with Crippen molar-refractivity contribution in [1.82, 2.24) is 0 Å². The lowest BCUT2D eigenvalue weighted by atomic mass is 9.87. The fraction of sp³-hybridized carbons (Fsp3) is 0.667. The molecule has 0 aliphatic heterocycles. The number of ether oxygens (including phenoxy) is 2. The number of carbonyl (C=O) groups excluding carboxylic acids is 2. The third-order valence-corrected chi connectivity index (χ3v) is 2.45. The van der Waals surface area contributed by atoms with Crippen LogP contribution in [0, 0.1) is 11.8 Å². The summed E-state index contributed by atoms with van der Waals surface area (Å²) < 4.78 is 9.39. The highest BCUT2D eigenvalue weighted by atomic mass is 16.5. The Bertz CT molecular complexity index is 340. The second-order valence-corrected chi connectivity index (χ2v) is 3.91. The largest absolute Gasteiger partial charge is 0.481 e. The molecular weight excluding hydrogens is 272 g/mol. The van der Waals surface area contributed by atoms with Crippen molar-refractivity contribution in [2.75, 3.05) is 13.2 Å². The number of hydrogen-bond donors (Lipinski definition) is 2. The monoisotopic (exact) mass is 290 g/mol. The number of hydrogen-bond acceptors (Lipinski definition) is 6. The summed E-state index contributed by atoms with van der Waals surface area (Å²) in [5, 5.41) is 17.6. The second kappa shape index (κ2) is 8.89. The molecule has 2 unspecified atom stereocenters. The van der Waals surface area contributed by atoms with Crippen LogP contribution in [0.25, 0.3) is 0 Å². The number of aliphatic carboxylic acids is 2. The SMILES string of the molecule is CCOC(=O)C(CC(=O)O)C(CC(=O)O)C(=O)OCC. The molecule has 0 aromatic heterocycles. The Labute approximate surface area is 115 Å². The van der Waals surface area contributed by atoms with Crippen molar-refractivity contribution in [3.8, 4) is 0 Å². The number of rotatable bonds is 9. The topological polar surface area (TPSA) is 127 Å². The molecule has 0 saturated heterocycles. The lowest BCUT2D eigenvalue weighted by Crippen LogP contribution is -2.35. The van der Waals surface area contributed by atoms with Crippen LogP contribution in [0.4, 0.5) is 0 Å². The Morgan fingerprint density at radius 3 is 1.30 bits per heavy atom. The number of esters is 2. The van der Waals surface area contributed by atoms with E-state index in [1.165, 1.54) is 13.8 Å². The van der Waals surface area contributed by atoms with Gasteiger partial charge in [0.2, 0.25) is 0 Å². The molecule has 0 fully saturated rings. The molecule has 0 radical (unpaired) electrons. The maximum absolute atomic E-state index is 11.7. The molecule has 0 rings (SSSR count). The predicted octanol–water partition coefficient (Wildman–Crippen LogP) is 0.294. The normalized spacial score (nSPS) is 13.1. The van der Waals surface area contributed by atoms with Crippen molar-refractivity contribution in [3.05, 3.63) is 0 Å². The van der Waals surface area contributed by atoms with Crippen LogP contribution < -0.4 is 0 Å². The quantitative estimate of drug-likeness (QED) is 0.580. The average Bonchev–Trinajstić information content (AvgIpc) is 2.33. The Kier molecular flexibility index (Phi) is 7.95. The summed E-state index contributed by atoms with van der Waals surface area (Å²) in [5.74, 6) is -7.28. The van der Waals surface area contributed by atoms with E-state index in [1.807, 2.05) is 0 Å². The van der Waals surface area contributed by atoms with Gasteiger partial charge in [0.25, 0.3) is 0 Å². The summed E-state index contributed by atoms with van der Waals surface area (Å²) in [6.45, 7) is 3.04. The van der Waals surface area contributed by atoms with Crippen molar-refractivity contribution in [3.63, 3.8) is 0 Å². The molecule has 0 aliphatic carbocycles. The first-order valence-electron chi connectivity index (χ1n) is 6.10. The highest BCUT2D eigenvalue weighted by molar-refractivity contribution is 5.88. The summed E-state index contributed by atoms with van der Waals surface area (Å²) in [4.78, 5) is 45.0. The van der Waals surface area contributed by atoms with Gasteiger partial charge in [-0.2, -0.15) is 0 Å². The summed E-state index contributed by atoms with van der Waals surface area (Å²) in [7, 11) is 0. The van der Waals surface area contributed by atoms with Crippen LogP contribution >= 0.6 is 0 Å². The van der Waals surface area contributed by atoms with Crippen LogP contribution in [0.2, 0.25) is 0 Å². The van der Waals surface area contributed by atoms with Gasteiger partial charge in [0.1, 0.15) is 0 Å². The number of carboxylic acid groups (broad SMARTS) is 2. The van der Waals surface area contributed by atoms with E-state index < -0.39 is 48.6 Å². The Morgan fingerprint density at radius 1 is 0.800 bits per heavy atom. The first kappa shape index (κ1) is 17.9. The highest BCUT2D eigenvalue weighted by Gasteiger charge is 2.38. The van der Waals surface area contributed by atoms with E-state index in [0.717, 1.165) is 0 Å². The van der Waals surface area contributed by atoms with Gasteiger partial charge in [0.05, 0.1) is 37.9 Å². The number of carbonyl (C=O) groups is 4. The lowest BCUT2D eigenvalue weighted by molar-refractivity contribution is -0.165. The minimum atomic E-state index is -1.39. The van der Waals surface area contributed by atoms with Crippen molar-refractivity contribution in [1.29, 1.82) is 0 Å². The molecule has 2 N–H and O–H groups in total. The third kappa shape index (κ3) is 6.17. The van der Waals surface area contributed by atoms with Crippen LogP contribution in [-0.4, -0.2) is 47.3 Å². The fourth-order valence-electron chi connectivity index (χ4n) is 1.65. The Morgan fingerprint density at radius 2 is 1.10 bits per heavy atom. The van der Waals surface area contributed by atoms with Gasteiger partial charge in [-0.05, 0) is 13.8 Å². The summed E-state index contributed by atoms with van der Waals surface area (Å²) in [6, 6.07) is 0. The molecule has 2 atom stereocenters. The van der Waals surface area contributed by atoms with Gasteiger partial charge in [0.15, 0.2) is 0 Å². The molecule has 8 heteroatoms. The van der Waals surface area contributed by atoms with Gasteiger partial charge in [-0.3, -0.25) is 19.2 Å². The Hall–Kier alpha value is -2.12. The van der Waals surface area contributed by atoms with Crippen molar-refractivity contribution in [2.24, 2.45) is 11.8 Å². The minimum Gasteiger partial charge on any atom is -0.481 e.